The maximum absolute atomic E-state index is 5.12. The summed E-state index contributed by atoms with van der Waals surface area (Å²) in [5, 5.41) is 0. The minimum atomic E-state index is 0.908. The molecule has 0 atom stereocenters. The van der Waals surface area contributed by atoms with Crippen LogP contribution in [0.3, 0.4) is 0 Å². The first-order valence-corrected chi connectivity index (χ1v) is 5.08. The molecule has 1 aliphatic heterocycles. The SMILES string of the molecule is COc1ccc(C2=NCCCC2)cc1. The van der Waals surface area contributed by atoms with Crippen molar-refractivity contribution in [3.63, 3.8) is 0 Å². The smallest absolute Gasteiger partial charge is 0.118 e. The van der Waals surface area contributed by atoms with Crippen LogP contribution in [-0.2, 0) is 0 Å². The van der Waals surface area contributed by atoms with Gasteiger partial charge in [-0.15, -0.1) is 0 Å². The maximum Gasteiger partial charge on any atom is 0.118 e. The number of ether oxygens (including phenoxy) is 1. The Balaban J connectivity index is 2.19. The Morgan fingerprint density at radius 3 is 2.50 bits per heavy atom. The minimum Gasteiger partial charge on any atom is -0.497 e. The van der Waals surface area contributed by atoms with E-state index in [2.05, 4.69) is 17.1 Å². The molecule has 0 amide bonds. The summed E-state index contributed by atoms with van der Waals surface area (Å²) in [5.41, 5.74) is 2.49. The Bertz CT molecular complexity index is 327. The zero-order valence-electron chi connectivity index (χ0n) is 8.49. The van der Waals surface area contributed by atoms with Gasteiger partial charge in [0.05, 0.1) is 7.11 Å². The summed E-state index contributed by atoms with van der Waals surface area (Å²) in [6.07, 6.45) is 3.62. The van der Waals surface area contributed by atoms with E-state index in [9.17, 15) is 0 Å². The average Bonchev–Trinajstić information content (AvgIpc) is 2.30. The molecule has 0 aliphatic carbocycles. The molecule has 2 nitrogen and oxygen atoms in total. The summed E-state index contributed by atoms with van der Waals surface area (Å²) < 4.78 is 5.12. The minimum absolute atomic E-state index is 0.908. The standard InChI is InChI=1S/C12H15NO/c1-14-11-7-5-10(6-8-11)12-4-2-3-9-13-12/h5-8H,2-4,9H2,1H3. The molecule has 0 N–H and O–H groups in total. The summed E-state index contributed by atoms with van der Waals surface area (Å²) in [5.74, 6) is 0.908. The normalized spacial score (nSPS) is 16.2. The Labute approximate surface area is 84.6 Å². The van der Waals surface area contributed by atoms with E-state index < -0.39 is 0 Å². The predicted molar refractivity (Wildman–Crippen MR) is 58.2 cm³/mol. The summed E-state index contributed by atoms with van der Waals surface area (Å²) in [4.78, 5) is 4.53. The predicted octanol–water partition coefficient (Wildman–Crippen LogP) is 2.67. The molecule has 1 heterocycles. The molecule has 0 radical (unpaired) electrons. The van der Waals surface area contributed by atoms with Crippen LogP contribution in [0.15, 0.2) is 29.3 Å². The Morgan fingerprint density at radius 2 is 1.93 bits per heavy atom. The van der Waals surface area contributed by atoms with Crippen molar-refractivity contribution < 1.29 is 4.74 Å². The van der Waals surface area contributed by atoms with E-state index in [1.54, 1.807) is 7.11 Å². The van der Waals surface area contributed by atoms with Gasteiger partial charge in [-0.05, 0) is 49.1 Å². The first-order valence-electron chi connectivity index (χ1n) is 5.08. The first-order chi connectivity index (χ1) is 6.90. The molecule has 0 fully saturated rings. The van der Waals surface area contributed by atoms with Crippen molar-refractivity contribution in [2.45, 2.75) is 19.3 Å². The summed E-state index contributed by atoms with van der Waals surface area (Å²) in [6, 6.07) is 8.16. The molecule has 1 aromatic rings. The van der Waals surface area contributed by atoms with E-state index in [4.69, 9.17) is 4.74 Å². The highest BCUT2D eigenvalue weighted by atomic mass is 16.5. The van der Waals surface area contributed by atoms with Gasteiger partial charge in [0.2, 0.25) is 0 Å². The van der Waals surface area contributed by atoms with Crippen LogP contribution < -0.4 is 4.74 Å². The Morgan fingerprint density at radius 1 is 1.14 bits per heavy atom. The van der Waals surface area contributed by atoms with Crippen LogP contribution in [0.1, 0.15) is 24.8 Å². The van der Waals surface area contributed by atoms with Crippen molar-refractivity contribution in [2.75, 3.05) is 13.7 Å². The van der Waals surface area contributed by atoms with Crippen LogP contribution in [0, 0.1) is 0 Å². The highest BCUT2D eigenvalue weighted by Gasteiger charge is 2.07. The van der Waals surface area contributed by atoms with Gasteiger partial charge in [-0.25, -0.2) is 0 Å². The number of hydrogen-bond acceptors (Lipinski definition) is 2. The first kappa shape index (κ1) is 9.25. The van der Waals surface area contributed by atoms with Crippen LogP contribution in [0.5, 0.6) is 5.75 Å². The Hall–Kier alpha value is -1.31. The van der Waals surface area contributed by atoms with Crippen molar-refractivity contribution in [3.8, 4) is 5.75 Å². The third kappa shape index (κ3) is 1.95. The summed E-state index contributed by atoms with van der Waals surface area (Å²) in [6.45, 7) is 0.987. The molecule has 1 aromatic carbocycles. The summed E-state index contributed by atoms with van der Waals surface area (Å²) in [7, 11) is 1.69. The fraction of sp³-hybridized carbons (Fsp3) is 0.417. The second kappa shape index (κ2) is 4.27. The molecule has 0 spiro atoms. The lowest BCUT2D eigenvalue weighted by molar-refractivity contribution is 0.415. The topological polar surface area (TPSA) is 21.6 Å². The van der Waals surface area contributed by atoms with Gasteiger partial charge in [0.15, 0.2) is 0 Å². The monoisotopic (exact) mass is 189 g/mol. The van der Waals surface area contributed by atoms with Crippen LogP contribution in [0.4, 0.5) is 0 Å². The zero-order valence-corrected chi connectivity index (χ0v) is 8.49. The fourth-order valence-corrected chi connectivity index (χ4v) is 1.72. The highest BCUT2D eigenvalue weighted by Crippen LogP contribution is 2.16. The van der Waals surface area contributed by atoms with Crippen LogP contribution in [-0.4, -0.2) is 19.4 Å². The van der Waals surface area contributed by atoms with E-state index in [0.29, 0.717) is 0 Å². The number of hydrogen-bond donors (Lipinski definition) is 0. The molecular weight excluding hydrogens is 174 g/mol. The van der Waals surface area contributed by atoms with E-state index in [1.165, 1.54) is 24.1 Å². The van der Waals surface area contributed by atoms with Gasteiger partial charge in [0.1, 0.15) is 5.75 Å². The highest BCUT2D eigenvalue weighted by molar-refractivity contribution is 6.00. The third-order valence-electron chi connectivity index (χ3n) is 2.55. The lowest BCUT2D eigenvalue weighted by Gasteiger charge is -2.11. The molecule has 0 saturated carbocycles. The number of aliphatic imine (C=N–C) groups is 1. The summed E-state index contributed by atoms with van der Waals surface area (Å²) >= 11 is 0. The van der Waals surface area contributed by atoms with Crippen molar-refractivity contribution in [2.24, 2.45) is 4.99 Å². The largest absolute Gasteiger partial charge is 0.497 e. The molecule has 74 valence electrons. The molecule has 2 heteroatoms. The lowest BCUT2D eigenvalue weighted by Crippen LogP contribution is -2.07. The van der Waals surface area contributed by atoms with Crippen LogP contribution in [0.25, 0.3) is 0 Å². The van der Waals surface area contributed by atoms with E-state index in [-0.39, 0.29) is 0 Å². The van der Waals surface area contributed by atoms with E-state index >= 15 is 0 Å². The van der Waals surface area contributed by atoms with Crippen molar-refractivity contribution >= 4 is 5.71 Å². The van der Waals surface area contributed by atoms with E-state index in [0.717, 1.165) is 18.7 Å². The molecular formula is C12H15NO. The molecule has 14 heavy (non-hydrogen) atoms. The van der Waals surface area contributed by atoms with Gasteiger partial charge in [-0.3, -0.25) is 4.99 Å². The van der Waals surface area contributed by atoms with Gasteiger partial charge in [0.25, 0.3) is 0 Å². The van der Waals surface area contributed by atoms with Gasteiger partial charge >= 0.3 is 0 Å². The number of rotatable bonds is 2. The van der Waals surface area contributed by atoms with Crippen LogP contribution >= 0.6 is 0 Å². The number of benzene rings is 1. The quantitative estimate of drug-likeness (QED) is 0.701. The van der Waals surface area contributed by atoms with Gasteiger partial charge in [0, 0.05) is 12.3 Å². The fourth-order valence-electron chi connectivity index (χ4n) is 1.72. The van der Waals surface area contributed by atoms with Crippen molar-refractivity contribution in [3.05, 3.63) is 29.8 Å². The van der Waals surface area contributed by atoms with Gasteiger partial charge in [-0.1, -0.05) is 0 Å². The second-order valence-electron chi connectivity index (χ2n) is 3.51. The van der Waals surface area contributed by atoms with Gasteiger partial charge in [-0.2, -0.15) is 0 Å². The zero-order chi connectivity index (χ0) is 9.80. The van der Waals surface area contributed by atoms with Crippen molar-refractivity contribution in [1.29, 1.82) is 0 Å². The van der Waals surface area contributed by atoms with Crippen LogP contribution in [0.2, 0.25) is 0 Å². The molecule has 0 saturated heterocycles. The molecule has 1 aliphatic rings. The third-order valence-corrected chi connectivity index (χ3v) is 2.55. The Kier molecular flexibility index (Phi) is 2.82. The molecule has 0 aromatic heterocycles. The van der Waals surface area contributed by atoms with Gasteiger partial charge < -0.3 is 4.74 Å². The van der Waals surface area contributed by atoms with Crippen molar-refractivity contribution in [1.82, 2.24) is 0 Å². The molecule has 0 unspecified atom stereocenters. The molecule has 0 bridgehead atoms. The average molecular weight is 189 g/mol. The maximum atomic E-state index is 5.12. The number of nitrogens with zero attached hydrogens (tertiary/aromatic N) is 1. The number of methoxy groups -OCH3 is 1. The molecule has 2 rings (SSSR count). The van der Waals surface area contributed by atoms with E-state index in [1.807, 2.05) is 12.1 Å². The lowest BCUT2D eigenvalue weighted by atomic mass is 10.0. The second-order valence-corrected chi connectivity index (χ2v) is 3.51.